The molecule has 1 unspecified atom stereocenters. The van der Waals surface area contributed by atoms with Crippen LogP contribution in [0.5, 0.6) is 0 Å². The van der Waals surface area contributed by atoms with Gasteiger partial charge in [-0.3, -0.25) is 10.1 Å². The van der Waals surface area contributed by atoms with E-state index in [-0.39, 0.29) is 0 Å². The van der Waals surface area contributed by atoms with Gasteiger partial charge >= 0.3 is 6.03 Å². The van der Waals surface area contributed by atoms with Crippen molar-refractivity contribution < 1.29 is 9.59 Å². The Bertz CT molecular complexity index is 502. The van der Waals surface area contributed by atoms with Crippen molar-refractivity contribution in [2.75, 3.05) is 11.9 Å². The van der Waals surface area contributed by atoms with E-state index in [0.717, 1.165) is 4.47 Å². The van der Waals surface area contributed by atoms with E-state index < -0.39 is 18.0 Å². The van der Waals surface area contributed by atoms with Crippen LogP contribution in [-0.4, -0.2) is 24.5 Å². The van der Waals surface area contributed by atoms with Gasteiger partial charge in [-0.1, -0.05) is 39.1 Å². The smallest absolute Gasteiger partial charge is 0.321 e. The van der Waals surface area contributed by atoms with Crippen LogP contribution in [0.2, 0.25) is 10.0 Å². The molecule has 1 aromatic rings. The first-order valence-electron chi connectivity index (χ1n) is 5.85. The monoisotopic (exact) mass is 381 g/mol. The van der Waals surface area contributed by atoms with Crippen molar-refractivity contribution in [2.45, 2.75) is 19.9 Å². The Hall–Kier alpha value is -0.980. The number of carbonyl (C=O) groups is 2. The van der Waals surface area contributed by atoms with Crippen LogP contribution in [0, 0.1) is 0 Å². The molecule has 0 spiro atoms. The Morgan fingerprint density at radius 1 is 1.30 bits per heavy atom. The molecule has 0 bridgehead atoms. The lowest BCUT2D eigenvalue weighted by atomic mass is 10.2. The van der Waals surface area contributed by atoms with E-state index in [1.165, 1.54) is 0 Å². The maximum Gasteiger partial charge on any atom is 0.321 e. The van der Waals surface area contributed by atoms with Crippen molar-refractivity contribution in [1.29, 1.82) is 0 Å². The van der Waals surface area contributed by atoms with Gasteiger partial charge in [-0.2, -0.15) is 0 Å². The highest BCUT2D eigenvalue weighted by molar-refractivity contribution is 9.10. The van der Waals surface area contributed by atoms with Crippen molar-refractivity contribution in [2.24, 2.45) is 0 Å². The fourth-order valence-electron chi connectivity index (χ4n) is 1.39. The van der Waals surface area contributed by atoms with E-state index in [9.17, 15) is 9.59 Å². The van der Waals surface area contributed by atoms with Crippen molar-refractivity contribution in [3.63, 3.8) is 0 Å². The average molecular weight is 383 g/mol. The molecule has 0 aromatic heterocycles. The standard InChI is InChI=1S/C12H14BrCl2N3O2/c1-3-16-12(20)18-11(19)6(2)17-10-8(14)4-7(13)5-9(10)15/h4-6,17H,3H2,1-2H3,(H2,16,18,19,20). The van der Waals surface area contributed by atoms with Crippen LogP contribution in [0.1, 0.15) is 13.8 Å². The number of hydrogen-bond donors (Lipinski definition) is 3. The minimum atomic E-state index is -0.672. The fraction of sp³-hybridized carbons (Fsp3) is 0.333. The molecule has 0 saturated heterocycles. The third kappa shape index (κ3) is 4.85. The molecule has 0 aliphatic heterocycles. The maximum atomic E-state index is 11.8. The number of imide groups is 1. The summed E-state index contributed by atoms with van der Waals surface area (Å²) in [6.07, 6.45) is 0. The zero-order valence-corrected chi connectivity index (χ0v) is 14.0. The van der Waals surface area contributed by atoms with Gasteiger partial charge in [0.15, 0.2) is 0 Å². The molecule has 8 heteroatoms. The summed E-state index contributed by atoms with van der Waals surface area (Å²) in [6.45, 7) is 3.79. The van der Waals surface area contributed by atoms with Crippen LogP contribution >= 0.6 is 39.1 Å². The Labute approximate surface area is 135 Å². The first-order valence-corrected chi connectivity index (χ1v) is 7.39. The number of amides is 3. The zero-order chi connectivity index (χ0) is 15.3. The molecule has 0 fully saturated rings. The maximum absolute atomic E-state index is 11.8. The summed E-state index contributed by atoms with van der Waals surface area (Å²) in [5.74, 6) is -0.481. The van der Waals surface area contributed by atoms with Crippen LogP contribution in [0.3, 0.4) is 0 Å². The highest BCUT2D eigenvalue weighted by Crippen LogP contribution is 2.34. The van der Waals surface area contributed by atoms with Crippen LogP contribution in [-0.2, 0) is 4.79 Å². The summed E-state index contributed by atoms with van der Waals surface area (Å²) in [5, 5.41) is 8.30. The van der Waals surface area contributed by atoms with Gasteiger partial charge in [0.1, 0.15) is 6.04 Å². The molecule has 0 radical (unpaired) electrons. The van der Waals surface area contributed by atoms with E-state index in [1.807, 2.05) is 0 Å². The van der Waals surface area contributed by atoms with E-state index in [2.05, 4.69) is 31.9 Å². The van der Waals surface area contributed by atoms with Gasteiger partial charge in [0.2, 0.25) is 5.91 Å². The Morgan fingerprint density at radius 3 is 2.35 bits per heavy atom. The summed E-state index contributed by atoms with van der Waals surface area (Å²) in [7, 11) is 0. The average Bonchev–Trinajstić information content (AvgIpc) is 2.33. The molecule has 1 rings (SSSR count). The molecular weight excluding hydrogens is 369 g/mol. The second kappa shape index (κ2) is 7.71. The highest BCUT2D eigenvalue weighted by atomic mass is 79.9. The van der Waals surface area contributed by atoms with Crippen LogP contribution in [0.4, 0.5) is 10.5 Å². The number of urea groups is 1. The molecule has 20 heavy (non-hydrogen) atoms. The van der Waals surface area contributed by atoms with E-state index in [4.69, 9.17) is 23.2 Å². The summed E-state index contributed by atoms with van der Waals surface area (Å²) >= 11 is 15.4. The topological polar surface area (TPSA) is 70.2 Å². The lowest BCUT2D eigenvalue weighted by molar-refractivity contribution is -0.120. The number of halogens is 3. The van der Waals surface area contributed by atoms with E-state index in [1.54, 1.807) is 26.0 Å². The third-order valence-electron chi connectivity index (χ3n) is 2.34. The quantitative estimate of drug-likeness (QED) is 0.747. The van der Waals surface area contributed by atoms with E-state index in [0.29, 0.717) is 22.3 Å². The van der Waals surface area contributed by atoms with Gasteiger partial charge < -0.3 is 10.6 Å². The number of anilines is 1. The van der Waals surface area contributed by atoms with Gasteiger partial charge in [-0.05, 0) is 26.0 Å². The predicted octanol–water partition coefficient (Wildman–Crippen LogP) is 3.40. The van der Waals surface area contributed by atoms with Crippen LogP contribution < -0.4 is 16.0 Å². The summed E-state index contributed by atoms with van der Waals surface area (Å²) in [5.41, 5.74) is 0.440. The summed E-state index contributed by atoms with van der Waals surface area (Å²) in [6, 6.07) is 2.10. The summed E-state index contributed by atoms with van der Waals surface area (Å²) < 4.78 is 0.734. The van der Waals surface area contributed by atoms with Crippen LogP contribution in [0.15, 0.2) is 16.6 Å². The van der Waals surface area contributed by atoms with Crippen molar-refractivity contribution in [3.05, 3.63) is 26.7 Å². The van der Waals surface area contributed by atoms with Crippen molar-refractivity contribution in [3.8, 4) is 0 Å². The first-order chi connectivity index (χ1) is 9.35. The molecular formula is C12H14BrCl2N3O2. The second-order valence-corrected chi connectivity index (χ2v) is 5.69. The molecule has 1 atom stereocenters. The number of benzene rings is 1. The molecule has 3 N–H and O–H groups in total. The van der Waals surface area contributed by atoms with E-state index >= 15 is 0 Å². The predicted molar refractivity (Wildman–Crippen MR) is 84.5 cm³/mol. The molecule has 0 aliphatic carbocycles. The largest absolute Gasteiger partial charge is 0.371 e. The molecule has 0 aliphatic rings. The van der Waals surface area contributed by atoms with Gasteiger partial charge in [0.25, 0.3) is 0 Å². The summed E-state index contributed by atoms with van der Waals surface area (Å²) in [4.78, 5) is 23.1. The molecule has 0 saturated carbocycles. The van der Waals surface area contributed by atoms with Crippen molar-refractivity contribution >= 4 is 56.8 Å². The Balaban J connectivity index is 2.73. The van der Waals surface area contributed by atoms with Gasteiger partial charge in [-0.25, -0.2) is 4.79 Å². The SMILES string of the molecule is CCNC(=O)NC(=O)C(C)Nc1c(Cl)cc(Br)cc1Cl. The lowest BCUT2D eigenvalue weighted by Gasteiger charge is -2.17. The van der Waals surface area contributed by atoms with Crippen molar-refractivity contribution in [1.82, 2.24) is 10.6 Å². The number of nitrogens with one attached hydrogen (secondary N) is 3. The fourth-order valence-corrected chi connectivity index (χ4v) is 2.70. The highest BCUT2D eigenvalue weighted by Gasteiger charge is 2.18. The minimum absolute atomic E-state index is 0.377. The molecule has 0 heterocycles. The normalized spacial score (nSPS) is 11.7. The third-order valence-corrected chi connectivity index (χ3v) is 3.39. The second-order valence-electron chi connectivity index (χ2n) is 3.96. The zero-order valence-electron chi connectivity index (χ0n) is 10.9. The lowest BCUT2D eigenvalue weighted by Crippen LogP contribution is -2.45. The Morgan fingerprint density at radius 2 is 1.85 bits per heavy atom. The number of hydrogen-bond acceptors (Lipinski definition) is 3. The number of carbonyl (C=O) groups excluding carboxylic acids is 2. The Kier molecular flexibility index (Phi) is 6.58. The molecule has 1 aromatic carbocycles. The van der Waals surface area contributed by atoms with Gasteiger partial charge in [0, 0.05) is 11.0 Å². The number of rotatable bonds is 4. The van der Waals surface area contributed by atoms with Gasteiger partial charge in [-0.15, -0.1) is 0 Å². The molecule has 110 valence electrons. The molecule has 5 nitrogen and oxygen atoms in total. The van der Waals surface area contributed by atoms with Crippen LogP contribution in [0.25, 0.3) is 0 Å². The minimum Gasteiger partial charge on any atom is -0.371 e. The molecule has 3 amide bonds. The van der Waals surface area contributed by atoms with Gasteiger partial charge in [0.05, 0.1) is 15.7 Å². The first kappa shape index (κ1) is 17.1.